The van der Waals surface area contributed by atoms with Gasteiger partial charge in [0.15, 0.2) is 0 Å². The van der Waals surface area contributed by atoms with E-state index in [2.05, 4.69) is 10.6 Å². The molecule has 0 spiro atoms. The fourth-order valence-corrected chi connectivity index (χ4v) is 0.970. The van der Waals surface area contributed by atoms with Crippen LogP contribution in [0.25, 0.3) is 0 Å². The van der Waals surface area contributed by atoms with E-state index in [1.165, 1.54) is 0 Å². The van der Waals surface area contributed by atoms with Gasteiger partial charge in [0, 0.05) is 12.1 Å². The highest BCUT2D eigenvalue weighted by Crippen LogP contribution is 2.06. The Bertz CT molecular complexity index is 203. The minimum absolute atomic E-state index is 0.0255. The lowest BCUT2D eigenvalue weighted by molar-refractivity contribution is -0.124. The van der Waals surface area contributed by atoms with Gasteiger partial charge in [-0.3, -0.25) is 4.79 Å². The van der Waals surface area contributed by atoms with Gasteiger partial charge in [-0.1, -0.05) is 6.92 Å². The quantitative estimate of drug-likeness (QED) is 0.611. The van der Waals surface area contributed by atoms with Crippen LogP contribution >= 0.6 is 0 Å². The number of hydrogen-bond acceptors (Lipinski definition) is 3. The number of carbonyl (C=O) groups excluding carboxylic acids is 1. The molecule has 4 nitrogen and oxygen atoms in total. The van der Waals surface area contributed by atoms with Gasteiger partial charge in [-0.05, 0) is 34.1 Å². The van der Waals surface area contributed by atoms with Crippen molar-refractivity contribution in [3.05, 3.63) is 0 Å². The number of hydrogen-bond donors (Lipinski definition) is 3. The minimum Gasteiger partial charge on any atom is -0.392 e. The van der Waals surface area contributed by atoms with Crippen molar-refractivity contribution in [2.45, 2.75) is 58.7 Å². The summed E-state index contributed by atoms with van der Waals surface area (Å²) in [6.07, 6.45) is 0.460. The van der Waals surface area contributed by atoms with Crippen LogP contribution in [0.1, 0.15) is 41.0 Å². The van der Waals surface area contributed by atoms with Crippen molar-refractivity contribution < 1.29 is 9.90 Å². The first kappa shape index (κ1) is 14.4. The summed E-state index contributed by atoms with van der Waals surface area (Å²) in [4.78, 5) is 11.7. The third kappa shape index (κ3) is 6.47. The van der Waals surface area contributed by atoms with Crippen molar-refractivity contribution in [1.82, 2.24) is 10.6 Å². The van der Waals surface area contributed by atoms with E-state index in [-0.39, 0.29) is 17.5 Å². The second kappa shape index (κ2) is 6.08. The molecule has 3 N–H and O–H groups in total. The molecular formula is C11H24N2O2. The average Bonchev–Trinajstić information content (AvgIpc) is 2.13. The van der Waals surface area contributed by atoms with Crippen molar-refractivity contribution >= 4 is 5.91 Å². The molecule has 0 aliphatic carbocycles. The van der Waals surface area contributed by atoms with E-state index in [1.807, 2.05) is 20.8 Å². The average molecular weight is 216 g/mol. The van der Waals surface area contributed by atoms with Crippen LogP contribution in [0.15, 0.2) is 0 Å². The highest BCUT2D eigenvalue weighted by molar-refractivity contribution is 5.81. The summed E-state index contributed by atoms with van der Waals surface area (Å²) in [7, 11) is 0. The van der Waals surface area contributed by atoms with Crippen LogP contribution in [0.2, 0.25) is 0 Å². The third-order valence-electron chi connectivity index (χ3n) is 2.46. The van der Waals surface area contributed by atoms with E-state index in [1.54, 1.807) is 13.8 Å². The second-order valence-corrected chi connectivity index (χ2v) is 4.71. The molecule has 0 fully saturated rings. The second-order valence-electron chi connectivity index (χ2n) is 4.71. The van der Waals surface area contributed by atoms with Gasteiger partial charge in [0.05, 0.1) is 12.1 Å². The van der Waals surface area contributed by atoms with Gasteiger partial charge in [0.25, 0.3) is 0 Å². The lowest BCUT2D eigenvalue weighted by Crippen LogP contribution is -2.51. The maximum Gasteiger partial charge on any atom is 0.237 e. The Morgan fingerprint density at radius 3 is 2.33 bits per heavy atom. The van der Waals surface area contributed by atoms with Crippen LogP contribution in [0.5, 0.6) is 0 Å². The molecule has 0 rings (SSSR count). The fraction of sp³-hybridized carbons (Fsp3) is 0.909. The zero-order chi connectivity index (χ0) is 12.1. The molecule has 0 heterocycles. The number of amides is 1. The van der Waals surface area contributed by atoms with Gasteiger partial charge >= 0.3 is 0 Å². The number of rotatable bonds is 6. The van der Waals surface area contributed by atoms with Crippen LogP contribution in [0.3, 0.4) is 0 Å². The van der Waals surface area contributed by atoms with Crippen molar-refractivity contribution in [3.8, 4) is 0 Å². The number of aliphatic hydroxyl groups excluding tert-OH is 1. The SMILES string of the molecule is CCC(C)(C)NC(=O)C(C)NCC(C)O. The topological polar surface area (TPSA) is 61.4 Å². The van der Waals surface area contributed by atoms with Crippen LogP contribution < -0.4 is 10.6 Å². The maximum atomic E-state index is 11.7. The molecule has 0 aromatic carbocycles. The summed E-state index contributed by atoms with van der Waals surface area (Å²) < 4.78 is 0. The van der Waals surface area contributed by atoms with Gasteiger partial charge < -0.3 is 15.7 Å². The molecule has 4 heteroatoms. The van der Waals surface area contributed by atoms with Gasteiger partial charge in [0.2, 0.25) is 5.91 Å². The van der Waals surface area contributed by atoms with Crippen molar-refractivity contribution in [2.75, 3.05) is 6.54 Å². The van der Waals surface area contributed by atoms with E-state index in [9.17, 15) is 4.79 Å². The summed E-state index contributed by atoms with van der Waals surface area (Å²) in [5.41, 5.74) is -0.169. The van der Waals surface area contributed by atoms with Crippen LogP contribution in [0.4, 0.5) is 0 Å². The molecule has 0 saturated carbocycles. The molecule has 0 aliphatic rings. The number of carbonyl (C=O) groups is 1. The molecule has 2 atom stereocenters. The predicted molar refractivity (Wildman–Crippen MR) is 61.7 cm³/mol. The normalized spacial score (nSPS) is 15.9. The van der Waals surface area contributed by atoms with Gasteiger partial charge in [-0.15, -0.1) is 0 Å². The monoisotopic (exact) mass is 216 g/mol. The molecule has 0 saturated heterocycles. The summed E-state index contributed by atoms with van der Waals surface area (Å²) in [6.45, 7) is 9.94. The minimum atomic E-state index is -0.431. The number of nitrogens with one attached hydrogen (secondary N) is 2. The van der Waals surface area contributed by atoms with Crippen molar-refractivity contribution in [3.63, 3.8) is 0 Å². The molecular weight excluding hydrogens is 192 g/mol. The smallest absolute Gasteiger partial charge is 0.237 e. The summed E-state index contributed by atoms with van der Waals surface area (Å²) >= 11 is 0. The Balaban J connectivity index is 3.99. The fourth-order valence-electron chi connectivity index (χ4n) is 0.970. The van der Waals surface area contributed by atoms with E-state index >= 15 is 0 Å². The Morgan fingerprint density at radius 1 is 1.40 bits per heavy atom. The molecule has 1 amide bonds. The van der Waals surface area contributed by atoms with Gasteiger partial charge in [0.1, 0.15) is 0 Å². The highest BCUT2D eigenvalue weighted by atomic mass is 16.3. The first-order valence-corrected chi connectivity index (χ1v) is 5.52. The Hall–Kier alpha value is -0.610. The van der Waals surface area contributed by atoms with Gasteiger partial charge in [-0.25, -0.2) is 0 Å². The van der Waals surface area contributed by atoms with Crippen LogP contribution in [-0.2, 0) is 4.79 Å². The van der Waals surface area contributed by atoms with E-state index in [0.717, 1.165) is 6.42 Å². The number of aliphatic hydroxyl groups is 1. The highest BCUT2D eigenvalue weighted by Gasteiger charge is 2.21. The van der Waals surface area contributed by atoms with Crippen molar-refractivity contribution in [2.24, 2.45) is 0 Å². The Labute approximate surface area is 92.4 Å². The predicted octanol–water partition coefficient (Wildman–Crippen LogP) is 0.650. The summed E-state index contributed by atoms with van der Waals surface area (Å²) in [5, 5.41) is 15.0. The van der Waals surface area contributed by atoms with E-state index < -0.39 is 6.10 Å². The van der Waals surface area contributed by atoms with Gasteiger partial charge in [-0.2, -0.15) is 0 Å². The lowest BCUT2D eigenvalue weighted by Gasteiger charge is -2.27. The maximum absolute atomic E-state index is 11.7. The van der Waals surface area contributed by atoms with Crippen molar-refractivity contribution in [1.29, 1.82) is 0 Å². The third-order valence-corrected chi connectivity index (χ3v) is 2.46. The summed E-state index contributed by atoms with van der Waals surface area (Å²) in [5.74, 6) is -0.0255. The standard InChI is InChI=1S/C11H24N2O2/c1-6-11(4,5)13-10(15)9(3)12-7-8(2)14/h8-9,12,14H,6-7H2,1-5H3,(H,13,15). The Kier molecular flexibility index (Phi) is 5.83. The molecule has 0 radical (unpaired) electrons. The largest absolute Gasteiger partial charge is 0.392 e. The van der Waals surface area contributed by atoms with Crippen LogP contribution in [0, 0.1) is 0 Å². The molecule has 90 valence electrons. The molecule has 0 aromatic heterocycles. The molecule has 0 bridgehead atoms. The van der Waals surface area contributed by atoms with Crippen LogP contribution in [-0.4, -0.2) is 35.2 Å². The molecule has 2 unspecified atom stereocenters. The zero-order valence-corrected chi connectivity index (χ0v) is 10.4. The molecule has 0 aliphatic heterocycles. The first-order valence-electron chi connectivity index (χ1n) is 5.52. The summed E-state index contributed by atoms with van der Waals surface area (Å²) in [6, 6.07) is -0.273. The Morgan fingerprint density at radius 2 is 1.93 bits per heavy atom. The molecule has 0 aromatic rings. The zero-order valence-electron chi connectivity index (χ0n) is 10.4. The van der Waals surface area contributed by atoms with E-state index in [0.29, 0.717) is 6.54 Å². The lowest BCUT2D eigenvalue weighted by atomic mass is 10.0. The molecule has 15 heavy (non-hydrogen) atoms. The van der Waals surface area contributed by atoms with E-state index in [4.69, 9.17) is 5.11 Å². The first-order chi connectivity index (χ1) is 6.78.